The zero-order valence-electron chi connectivity index (χ0n) is 15.7. The molecule has 1 aliphatic rings. The second kappa shape index (κ2) is 8.24. The smallest absolute Gasteiger partial charge is 0.407 e. The van der Waals surface area contributed by atoms with Crippen molar-refractivity contribution >= 4 is 17.9 Å². The third-order valence-electron chi connectivity index (χ3n) is 4.37. The number of aryl methyl sites for hydroxylation is 1. The molecule has 2 aromatic heterocycles. The number of nitrogens with one attached hydrogen (secondary N) is 3. The molecule has 1 saturated carbocycles. The molecule has 2 atom stereocenters. The highest BCUT2D eigenvalue weighted by Gasteiger charge is 2.30. The Labute approximate surface area is 157 Å². The summed E-state index contributed by atoms with van der Waals surface area (Å²) in [5, 5.41) is 9.21. The van der Waals surface area contributed by atoms with Crippen LogP contribution in [0, 0.1) is 6.92 Å². The van der Waals surface area contributed by atoms with Crippen molar-refractivity contribution in [3.05, 3.63) is 29.4 Å². The fourth-order valence-corrected chi connectivity index (χ4v) is 3.19. The standard InChI is InChI=1S/C18H25N5O4/c1-10(2)20-18(25)26-13-5-4-12(7-13)15-9-19-17(21-15)22-16(24)8-14-6-11(3)23-27-14/h6,9-10,12-13H,4-5,7-8H2,1-3H3,(H,20,25)(H2,19,21,22,24)/t12-,13+/m0/s1. The van der Waals surface area contributed by atoms with E-state index in [0.717, 1.165) is 30.7 Å². The Morgan fingerprint density at radius 3 is 2.93 bits per heavy atom. The molecule has 0 aromatic carbocycles. The summed E-state index contributed by atoms with van der Waals surface area (Å²) >= 11 is 0. The first-order valence-corrected chi connectivity index (χ1v) is 9.13. The number of anilines is 1. The predicted octanol–water partition coefficient (Wildman–Crippen LogP) is 2.66. The number of rotatable bonds is 6. The summed E-state index contributed by atoms with van der Waals surface area (Å²) in [6.45, 7) is 5.58. The van der Waals surface area contributed by atoms with Crippen LogP contribution in [0.3, 0.4) is 0 Å². The van der Waals surface area contributed by atoms with Crippen molar-refractivity contribution in [2.24, 2.45) is 0 Å². The minimum Gasteiger partial charge on any atom is -0.446 e. The molecular formula is C18H25N5O4. The number of hydrogen-bond acceptors (Lipinski definition) is 6. The van der Waals surface area contributed by atoms with E-state index >= 15 is 0 Å². The summed E-state index contributed by atoms with van der Waals surface area (Å²) in [5.74, 6) is 0.891. The lowest BCUT2D eigenvalue weighted by Gasteiger charge is -2.14. The molecule has 0 unspecified atom stereocenters. The largest absolute Gasteiger partial charge is 0.446 e. The van der Waals surface area contributed by atoms with Gasteiger partial charge in [0.1, 0.15) is 11.9 Å². The van der Waals surface area contributed by atoms with E-state index < -0.39 is 0 Å². The average Bonchev–Trinajstić information content (AvgIpc) is 3.28. The van der Waals surface area contributed by atoms with Gasteiger partial charge in [-0.25, -0.2) is 9.78 Å². The number of imidazole rings is 1. The molecule has 0 radical (unpaired) electrons. The number of hydrogen-bond donors (Lipinski definition) is 3. The minimum absolute atomic E-state index is 0.0503. The molecule has 2 heterocycles. The number of aromatic nitrogens is 3. The van der Waals surface area contributed by atoms with E-state index in [9.17, 15) is 9.59 Å². The molecular weight excluding hydrogens is 350 g/mol. The van der Waals surface area contributed by atoms with E-state index in [4.69, 9.17) is 9.26 Å². The highest BCUT2D eigenvalue weighted by molar-refractivity contribution is 5.90. The van der Waals surface area contributed by atoms with Crippen molar-refractivity contribution in [3.8, 4) is 0 Å². The number of aromatic amines is 1. The van der Waals surface area contributed by atoms with Crippen LogP contribution in [0.15, 0.2) is 16.8 Å². The minimum atomic E-state index is -0.379. The van der Waals surface area contributed by atoms with Crippen LogP contribution in [0.25, 0.3) is 0 Å². The third-order valence-corrected chi connectivity index (χ3v) is 4.37. The first-order chi connectivity index (χ1) is 12.9. The number of H-pyrrole nitrogens is 1. The summed E-state index contributed by atoms with van der Waals surface area (Å²) in [7, 11) is 0. The molecule has 0 bridgehead atoms. The van der Waals surface area contributed by atoms with Gasteiger partial charge in [-0.2, -0.15) is 0 Å². The molecule has 3 N–H and O–H groups in total. The maximum atomic E-state index is 12.1. The van der Waals surface area contributed by atoms with Gasteiger partial charge in [-0.15, -0.1) is 0 Å². The molecule has 9 heteroatoms. The van der Waals surface area contributed by atoms with Crippen LogP contribution < -0.4 is 10.6 Å². The van der Waals surface area contributed by atoms with Crippen LogP contribution in [-0.4, -0.2) is 39.3 Å². The van der Waals surface area contributed by atoms with E-state index in [-0.39, 0.29) is 36.5 Å². The summed E-state index contributed by atoms with van der Waals surface area (Å²) in [5.41, 5.74) is 1.66. The van der Waals surface area contributed by atoms with Crippen molar-refractivity contribution in [1.29, 1.82) is 0 Å². The van der Waals surface area contributed by atoms with E-state index in [1.165, 1.54) is 0 Å². The molecule has 146 valence electrons. The maximum absolute atomic E-state index is 12.1. The number of alkyl carbamates (subject to hydrolysis) is 1. The molecule has 2 aromatic rings. The van der Waals surface area contributed by atoms with Crippen LogP contribution in [0.1, 0.15) is 56.2 Å². The number of ether oxygens (including phenoxy) is 1. The van der Waals surface area contributed by atoms with Crippen LogP contribution in [-0.2, 0) is 16.0 Å². The molecule has 2 amide bonds. The van der Waals surface area contributed by atoms with Gasteiger partial charge < -0.3 is 19.6 Å². The van der Waals surface area contributed by atoms with Gasteiger partial charge in [0.2, 0.25) is 11.9 Å². The van der Waals surface area contributed by atoms with Gasteiger partial charge in [0.15, 0.2) is 0 Å². The van der Waals surface area contributed by atoms with E-state index in [1.54, 1.807) is 19.2 Å². The summed E-state index contributed by atoms with van der Waals surface area (Å²) in [6, 6.07) is 1.77. The highest BCUT2D eigenvalue weighted by atomic mass is 16.6. The van der Waals surface area contributed by atoms with Crippen LogP contribution in [0.2, 0.25) is 0 Å². The second-order valence-electron chi connectivity index (χ2n) is 7.18. The Hall–Kier alpha value is -2.84. The topological polar surface area (TPSA) is 122 Å². The van der Waals surface area contributed by atoms with Crippen LogP contribution in [0.5, 0.6) is 0 Å². The normalized spacial score (nSPS) is 19.3. The Bertz CT molecular complexity index is 797. The van der Waals surface area contributed by atoms with Gasteiger partial charge in [-0.05, 0) is 40.0 Å². The number of amides is 2. The van der Waals surface area contributed by atoms with E-state index in [1.807, 2.05) is 13.8 Å². The average molecular weight is 375 g/mol. The summed E-state index contributed by atoms with van der Waals surface area (Å²) in [6.07, 6.45) is 3.77. The predicted molar refractivity (Wildman–Crippen MR) is 97.3 cm³/mol. The van der Waals surface area contributed by atoms with Crippen molar-refractivity contribution in [1.82, 2.24) is 20.4 Å². The Balaban J connectivity index is 1.49. The zero-order valence-corrected chi connectivity index (χ0v) is 15.7. The summed E-state index contributed by atoms with van der Waals surface area (Å²) < 4.78 is 10.5. The molecule has 3 rings (SSSR count). The van der Waals surface area contributed by atoms with Gasteiger partial charge in [0.05, 0.1) is 18.3 Å². The number of carbonyl (C=O) groups is 2. The molecule has 0 spiro atoms. The molecule has 1 fully saturated rings. The van der Waals surface area contributed by atoms with Crippen molar-refractivity contribution in [2.75, 3.05) is 5.32 Å². The molecule has 9 nitrogen and oxygen atoms in total. The SMILES string of the molecule is Cc1cc(CC(=O)Nc2ncc([C@H]3CC[C@@H](OC(=O)NC(C)C)C3)[nH]2)on1. The molecule has 27 heavy (non-hydrogen) atoms. The van der Waals surface area contributed by atoms with Gasteiger partial charge in [-0.1, -0.05) is 5.16 Å². The Kier molecular flexibility index (Phi) is 5.78. The van der Waals surface area contributed by atoms with Gasteiger partial charge >= 0.3 is 6.09 Å². The van der Waals surface area contributed by atoms with Gasteiger partial charge in [-0.3, -0.25) is 10.1 Å². The molecule has 1 aliphatic carbocycles. The molecule has 0 aliphatic heterocycles. The number of carbonyl (C=O) groups excluding carboxylic acids is 2. The van der Waals surface area contributed by atoms with Crippen molar-refractivity contribution < 1.29 is 18.8 Å². The zero-order chi connectivity index (χ0) is 19.4. The first-order valence-electron chi connectivity index (χ1n) is 9.13. The lowest BCUT2D eigenvalue weighted by Crippen LogP contribution is -2.33. The first kappa shape index (κ1) is 18.9. The van der Waals surface area contributed by atoms with E-state index in [2.05, 4.69) is 25.8 Å². The Morgan fingerprint density at radius 1 is 1.41 bits per heavy atom. The number of nitrogens with zero attached hydrogens (tertiary/aromatic N) is 2. The van der Waals surface area contributed by atoms with E-state index in [0.29, 0.717) is 11.7 Å². The van der Waals surface area contributed by atoms with Crippen molar-refractivity contribution in [2.45, 2.75) is 64.5 Å². The second-order valence-corrected chi connectivity index (χ2v) is 7.18. The lowest BCUT2D eigenvalue weighted by atomic mass is 10.1. The monoisotopic (exact) mass is 375 g/mol. The van der Waals surface area contributed by atoms with Crippen LogP contribution in [0.4, 0.5) is 10.7 Å². The van der Waals surface area contributed by atoms with Gasteiger partial charge in [0.25, 0.3) is 0 Å². The third kappa shape index (κ3) is 5.32. The lowest BCUT2D eigenvalue weighted by molar-refractivity contribution is -0.115. The summed E-state index contributed by atoms with van der Waals surface area (Å²) in [4.78, 5) is 31.1. The van der Waals surface area contributed by atoms with Crippen LogP contribution >= 0.6 is 0 Å². The maximum Gasteiger partial charge on any atom is 0.407 e. The Morgan fingerprint density at radius 2 is 2.22 bits per heavy atom. The molecule has 0 saturated heterocycles. The van der Waals surface area contributed by atoms with Crippen molar-refractivity contribution in [3.63, 3.8) is 0 Å². The quantitative estimate of drug-likeness (QED) is 0.713. The fraction of sp³-hybridized carbons (Fsp3) is 0.556. The fourth-order valence-electron chi connectivity index (χ4n) is 3.19. The van der Waals surface area contributed by atoms with Gasteiger partial charge in [0, 0.05) is 23.7 Å². The highest BCUT2D eigenvalue weighted by Crippen LogP contribution is 2.35.